The predicted molar refractivity (Wildman–Crippen MR) is 97.8 cm³/mol. The first-order chi connectivity index (χ1) is 12.1. The molecular weight excluding hydrogens is 344 g/mol. The highest BCUT2D eigenvalue weighted by Gasteiger charge is 2.08. The lowest BCUT2D eigenvalue weighted by Crippen LogP contribution is -2.14. The van der Waals surface area contributed by atoms with Gasteiger partial charge < -0.3 is 14.2 Å². The fourth-order valence-electron chi connectivity index (χ4n) is 1.93. The Morgan fingerprint density at radius 3 is 2.64 bits per heavy atom. The standard InChI is InChI=1S/C18H19ClN2O4/c1-3-24-18(22)12-25-16-9-4-13(10-17(16)23-2)11-20-21-15-7-5-14(19)6-8-15/h4-11,21H,3,12H2,1-2H3. The lowest BCUT2D eigenvalue weighted by Gasteiger charge is -2.10. The minimum Gasteiger partial charge on any atom is -0.493 e. The molecule has 25 heavy (non-hydrogen) atoms. The molecule has 0 fully saturated rings. The summed E-state index contributed by atoms with van der Waals surface area (Å²) in [5.41, 5.74) is 4.53. The van der Waals surface area contributed by atoms with E-state index >= 15 is 0 Å². The molecule has 0 atom stereocenters. The number of nitrogens with one attached hydrogen (secondary N) is 1. The molecule has 2 rings (SSSR count). The van der Waals surface area contributed by atoms with Gasteiger partial charge in [-0.2, -0.15) is 5.10 Å². The number of nitrogens with zero attached hydrogens (tertiary/aromatic N) is 1. The van der Waals surface area contributed by atoms with Gasteiger partial charge in [0.2, 0.25) is 0 Å². The summed E-state index contributed by atoms with van der Waals surface area (Å²) in [6.45, 7) is 1.88. The summed E-state index contributed by atoms with van der Waals surface area (Å²) in [5, 5.41) is 4.82. The summed E-state index contributed by atoms with van der Waals surface area (Å²) in [7, 11) is 1.53. The van der Waals surface area contributed by atoms with Crippen molar-refractivity contribution in [3.05, 3.63) is 53.1 Å². The van der Waals surface area contributed by atoms with Crippen molar-refractivity contribution in [3.8, 4) is 11.5 Å². The van der Waals surface area contributed by atoms with Crippen LogP contribution in [0.1, 0.15) is 12.5 Å². The number of halogens is 1. The van der Waals surface area contributed by atoms with Gasteiger partial charge in [-0.3, -0.25) is 5.43 Å². The van der Waals surface area contributed by atoms with Crippen LogP contribution in [-0.4, -0.2) is 32.5 Å². The number of rotatable bonds is 8. The molecule has 0 aliphatic carbocycles. The monoisotopic (exact) mass is 362 g/mol. The Hall–Kier alpha value is -2.73. The molecule has 0 saturated carbocycles. The Labute approximate surface area is 151 Å². The normalized spacial score (nSPS) is 10.5. The second kappa shape index (κ2) is 9.54. The molecule has 0 saturated heterocycles. The molecule has 7 heteroatoms. The van der Waals surface area contributed by atoms with E-state index in [1.165, 1.54) is 7.11 Å². The van der Waals surface area contributed by atoms with Crippen molar-refractivity contribution in [3.63, 3.8) is 0 Å². The molecule has 0 unspecified atom stereocenters. The van der Waals surface area contributed by atoms with E-state index in [1.807, 2.05) is 12.1 Å². The molecule has 2 aromatic rings. The quantitative estimate of drug-likeness (QED) is 0.440. The molecular formula is C18H19ClN2O4. The Balaban J connectivity index is 1.98. The van der Waals surface area contributed by atoms with E-state index in [-0.39, 0.29) is 6.61 Å². The van der Waals surface area contributed by atoms with Crippen LogP contribution >= 0.6 is 11.6 Å². The summed E-state index contributed by atoms with van der Waals surface area (Å²) in [6, 6.07) is 12.5. The molecule has 6 nitrogen and oxygen atoms in total. The number of anilines is 1. The van der Waals surface area contributed by atoms with Gasteiger partial charge in [-0.05, 0) is 55.0 Å². The number of hydrazone groups is 1. The Kier molecular flexibility index (Phi) is 7.10. The highest BCUT2D eigenvalue weighted by Crippen LogP contribution is 2.27. The molecule has 0 radical (unpaired) electrons. The van der Waals surface area contributed by atoms with Crippen molar-refractivity contribution in [1.82, 2.24) is 0 Å². The zero-order valence-corrected chi connectivity index (χ0v) is 14.7. The molecule has 0 amide bonds. The van der Waals surface area contributed by atoms with Gasteiger partial charge in [0, 0.05) is 5.02 Å². The van der Waals surface area contributed by atoms with E-state index in [0.29, 0.717) is 23.1 Å². The number of esters is 1. The molecule has 1 N–H and O–H groups in total. The number of hydrogen-bond donors (Lipinski definition) is 1. The Morgan fingerprint density at radius 2 is 1.96 bits per heavy atom. The lowest BCUT2D eigenvalue weighted by molar-refractivity contribution is -0.145. The van der Waals surface area contributed by atoms with Crippen LogP contribution in [0, 0.1) is 0 Å². The van der Waals surface area contributed by atoms with Crippen molar-refractivity contribution in [2.24, 2.45) is 5.10 Å². The number of methoxy groups -OCH3 is 1. The highest BCUT2D eigenvalue weighted by atomic mass is 35.5. The van der Waals surface area contributed by atoms with Gasteiger partial charge in [-0.25, -0.2) is 4.79 Å². The van der Waals surface area contributed by atoms with Gasteiger partial charge in [-0.15, -0.1) is 0 Å². The van der Waals surface area contributed by atoms with E-state index in [1.54, 1.807) is 43.5 Å². The maximum atomic E-state index is 11.4. The van der Waals surface area contributed by atoms with Gasteiger partial charge >= 0.3 is 5.97 Å². The molecule has 132 valence electrons. The van der Waals surface area contributed by atoms with E-state index in [2.05, 4.69) is 10.5 Å². The average Bonchev–Trinajstić information content (AvgIpc) is 2.62. The zero-order chi connectivity index (χ0) is 18.1. The first-order valence-electron chi connectivity index (χ1n) is 7.63. The molecule has 0 spiro atoms. The van der Waals surface area contributed by atoms with E-state index in [0.717, 1.165) is 11.3 Å². The largest absolute Gasteiger partial charge is 0.493 e. The van der Waals surface area contributed by atoms with Crippen LogP contribution < -0.4 is 14.9 Å². The first kappa shape index (κ1) is 18.6. The second-order valence-corrected chi connectivity index (χ2v) is 5.32. The summed E-state index contributed by atoms with van der Waals surface area (Å²) in [5.74, 6) is 0.528. The third-order valence-electron chi connectivity index (χ3n) is 3.09. The van der Waals surface area contributed by atoms with Crippen LogP contribution in [0.4, 0.5) is 5.69 Å². The Bertz CT molecular complexity index is 732. The van der Waals surface area contributed by atoms with Gasteiger partial charge in [-0.1, -0.05) is 11.6 Å². The van der Waals surface area contributed by atoms with Crippen LogP contribution in [-0.2, 0) is 9.53 Å². The number of hydrogen-bond acceptors (Lipinski definition) is 6. The van der Waals surface area contributed by atoms with E-state index in [4.69, 9.17) is 25.8 Å². The van der Waals surface area contributed by atoms with Crippen molar-refractivity contribution < 1.29 is 19.0 Å². The van der Waals surface area contributed by atoms with Gasteiger partial charge in [0.05, 0.1) is 25.6 Å². The Morgan fingerprint density at radius 1 is 1.20 bits per heavy atom. The van der Waals surface area contributed by atoms with Gasteiger partial charge in [0.15, 0.2) is 18.1 Å². The second-order valence-electron chi connectivity index (χ2n) is 4.88. The summed E-state index contributed by atoms with van der Waals surface area (Å²) in [4.78, 5) is 11.4. The smallest absolute Gasteiger partial charge is 0.344 e. The van der Waals surface area contributed by atoms with Crippen LogP contribution in [0.25, 0.3) is 0 Å². The summed E-state index contributed by atoms with van der Waals surface area (Å²) < 4.78 is 15.5. The predicted octanol–water partition coefficient (Wildman–Crippen LogP) is 3.74. The maximum absolute atomic E-state index is 11.4. The molecule has 0 aliphatic rings. The summed E-state index contributed by atoms with van der Waals surface area (Å²) in [6.07, 6.45) is 1.65. The fourth-order valence-corrected chi connectivity index (χ4v) is 2.05. The average molecular weight is 363 g/mol. The minimum atomic E-state index is -0.428. The van der Waals surface area contributed by atoms with E-state index < -0.39 is 5.97 Å². The molecule has 2 aromatic carbocycles. The number of ether oxygens (including phenoxy) is 3. The van der Waals surface area contributed by atoms with Gasteiger partial charge in [0.1, 0.15) is 0 Å². The fraction of sp³-hybridized carbons (Fsp3) is 0.222. The van der Waals surface area contributed by atoms with Crippen LogP contribution in [0.15, 0.2) is 47.6 Å². The molecule has 0 heterocycles. The van der Waals surface area contributed by atoms with Crippen molar-refractivity contribution in [2.45, 2.75) is 6.92 Å². The molecule has 0 bridgehead atoms. The van der Waals surface area contributed by atoms with E-state index in [9.17, 15) is 4.79 Å². The van der Waals surface area contributed by atoms with Crippen LogP contribution in [0.2, 0.25) is 5.02 Å². The zero-order valence-electron chi connectivity index (χ0n) is 14.0. The SMILES string of the molecule is CCOC(=O)COc1ccc(C=NNc2ccc(Cl)cc2)cc1OC. The lowest BCUT2D eigenvalue weighted by atomic mass is 10.2. The number of benzene rings is 2. The topological polar surface area (TPSA) is 69.2 Å². The van der Waals surface area contributed by atoms with Crippen LogP contribution in [0.3, 0.4) is 0 Å². The van der Waals surface area contributed by atoms with Crippen molar-refractivity contribution >= 4 is 29.5 Å². The molecule has 0 aliphatic heterocycles. The van der Waals surface area contributed by atoms with Crippen molar-refractivity contribution in [1.29, 1.82) is 0 Å². The minimum absolute atomic E-state index is 0.171. The molecule has 0 aromatic heterocycles. The first-order valence-corrected chi connectivity index (χ1v) is 8.01. The van der Waals surface area contributed by atoms with Crippen LogP contribution in [0.5, 0.6) is 11.5 Å². The third kappa shape index (κ3) is 6.00. The van der Waals surface area contributed by atoms with Crippen molar-refractivity contribution in [2.75, 3.05) is 25.7 Å². The highest BCUT2D eigenvalue weighted by molar-refractivity contribution is 6.30. The number of carbonyl (C=O) groups is 1. The van der Waals surface area contributed by atoms with Gasteiger partial charge in [0.25, 0.3) is 0 Å². The third-order valence-corrected chi connectivity index (χ3v) is 3.34. The summed E-state index contributed by atoms with van der Waals surface area (Å²) >= 11 is 5.83. The maximum Gasteiger partial charge on any atom is 0.344 e. The number of carbonyl (C=O) groups excluding carboxylic acids is 1.